The van der Waals surface area contributed by atoms with Gasteiger partial charge in [0.15, 0.2) is 0 Å². The highest BCUT2D eigenvalue weighted by Gasteiger charge is 2.18. The molecule has 9 heteroatoms. The Morgan fingerprint density at radius 2 is 1.82 bits per heavy atom. The summed E-state index contributed by atoms with van der Waals surface area (Å²) in [5.74, 6) is -0.387. The second-order valence-corrected chi connectivity index (χ2v) is 8.99. The number of hydrogen-bond acceptors (Lipinski definition) is 6. The number of benzene rings is 1. The number of carbonyl (C=O) groups is 1. The quantitative estimate of drug-likeness (QED) is 0.616. The molecule has 2 heterocycles. The van der Waals surface area contributed by atoms with Crippen LogP contribution in [0.2, 0.25) is 0 Å². The van der Waals surface area contributed by atoms with Crippen molar-refractivity contribution in [2.75, 3.05) is 7.05 Å². The van der Waals surface area contributed by atoms with Crippen LogP contribution in [0.25, 0.3) is 10.7 Å². The molecule has 2 aromatic heterocycles. The highest BCUT2D eigenvalue weighted by molar-refractivity contribution is 7.88. The lowest BCUT2D eigenvalue weighted by atomic mass is 10.1. The van der Waals surface area contributed by atoms with Crippen molar-refractivity contribution < 1.29 is 13.2 Å². The van der Waals surface area contributed by atoms with Crippen LogP contribution in [0.4, 0.5) is 0 Å². The number of nitrogens with zero attached hydrogens (tertiary/aromatic N) is 2. The van der Waals surface area contributed by atoms with Crippen LogP contribution in [0.5, 0.6) is 0 Å². The first-order chi connectivity index (χ1) is 13.4. The standard InChI is InChI=1S/C19H20N4O3S2/c1-13-17(27-19(23-13)16-9-5-6-10-21-16)18(24)22-11-14-7-3-4-8-15(14)12-28(25,26)20-2/h3-10,20H,11-12H2,1-2H3,(H,22,24). The molecule has 0 unspecified atom stereocenters. The van der Waals surface area contributed by atoms with E-state index in [1.807, 2.05) is 24.3 Å². The molecule has 7 nitrogen and oxygen atoms in total. The third-order valence-corrected chi connectivity index (χ3v) is 6.59. The minimum absolute atomic E-state index is 0.140. The molecule has 1 aromatic carbocycles. The Kier molecular flexibility index (Phi) is 6.18. The van der Waals surface area contributed by atoms with Gasteiger partial charge in [0.1, 0.15) is 9.88 Å². The van der Waals surface area contributed by atoms with E-state index in [9.17, 15) is 13.2 Å². The number of rotatable bonds is 7. The van der Waals surface area contributed by atoms with Crippen molar-refractivity contribution in [2.45, 2.75) is 19.2 Å². The molecule has 3 aromatic rings. The molecule has 2 N–H and O–H groups in total. The Morgan fingerprint density at radius 1 is 1.11 bits per heavy atom. The lowest BCUT2D eigenvalue weighted by Gasteiger charge is -2.10. The first kappa shape index (κ1) is 20.1. The van der Waals surface area contributed by atoms with Gasteiger partial charge in [-0.1, -0.05) is 30.3 Å². The number of carbonyl (C=O) groups excluding carboxylic acids is 1. The lowest BCUT2D eigenvalue weighted by molar-refractivity contribution is 0.0954. The predicted molar refractivity (Wildman–Crippen MR) is 109 cm³/mol. The van der Waals surface area contributed by atoms with Gasteiger partial charge in [0.05, 0.1) is 17.1 Å². The Labute approximate surface area is 167 Å². The van der Waals surface area contributed by atoms with Gasteiger partial charge < -0.3 is 5.32 Å². The van der Waals surface area contributed by atoms with Crippen LogP contribution < -0.4 is 10.0 Å². The number of sulfonamides is 1. The number of pyridine rings is 1. The summed E-state index contributed by atoms with van der Waals surface area (Å²) in [5.41, 5.74) is 2.75. The molecule has 28 heavy (non-hydrogen) atoms. The zero-order chi connectivity index (χ0) is 20.1. The zero-order valence-electron chi connectivity index (χ0n) is 15.5. The van der Waals surface area contributed by atoms with Gasteiger partial charge in [0.25, 0.3) is 5.91 Å². The van der Waals surface area contributed by atoms with Crippen molar-refractivity contribution in [3.8, 4) is 10.7 Å². The van der Waals surface area contributed by atoms with Gasteiger partial charge in [-0.05, 0) is 37.2 Å². The number of aromatic nitrogens is 2. The number of nitrogens with one attached hydrogen (secondary N) is 2. The van der Waals surface area contributed by atoms with E-state index in [0.717, 1.165) is 11.3 Å². The van der Waals surface area contributed by atoms with Gasteiger partial charge in [0.2, 0.25) is 10.0 Å². The van der Waals surface area contributed by atoms with Gasteiger partial charge in [-0.15, -0.1) is 11.3 Å². The van der Waals surface area contributed by atoms with Crippen molar-refractivity contribution in [3.05, 3.63) is 70.4 Å². The molecule has 0 radical (unpaired) electrons. The normalized spacial score (nSPS) is 11.4. The molecule has 0 spiro atoms. The largest absolute Gasteiger partial charge is 0.347 e. The predicted octanol–water partition coefficient (Wildman–Crippen LogP) is 2.49. The average molecular weight is 417 g/mol. The molecule has 0 saturated heterocycles. The highest BCUT2D eigenvalue weighted by atomic mass is 32.2. The van der Waals surface area contributed by atoms with Crippen molar-refractivity contribution in [1.82, 2.24) is 20.0 Å². The number of thiazole rings is 1. The average Bonchev–Trinajstić information content (AvgIpc) is 3.09. The van der Waals surface area contributed by atoms with Crippen molar-refractivity contribution >= 4 is 27.3 Å². The van der Waals surface area contributed by atoms with Crippen molar-refractivity contribution in [2.24, 2.45) is 0 Å². The fraction of sp³-hybridized carbons (Fsp3) is 0.211. The molecule has 0 atom stereocenters. The van der Waals surface area contributed by atoms with E-state index in [4.69, 9.17) is 0 Å². The van der Waals surface area contributed by atoms with Crippen LogP contribution in [0.15, 0.2) is 48.7 Å². The van der Waals surface area contributed by atoms with Gasteiger partial charge in [-0.25, -0.2) is 18.1 Å². The molecule has 0 fully saturated rings. The number of aryl methyl sites for hydroxylation is 1. The van der Waals surface area contributed by atoms with E-state index >= 15 is 0 Å². The molecule has 146 valence electrons. The third-order valence-electron chi connectivity index (χ3n) is 4.10. The van der Waals surface area contributed by atoms with E-state index in [0.29, 0.717) is 21.1 Å². The molecule has 0 aliphatic rings. The first-order valence-corrected chi connectivity index (χ1v) is 11.0. The van der Waals surface area contributed by atoms with Crippen LogP contribution in [-0.4, -0.2) is 31.3 Å². The maximum atomic E-state index is 12.6. The summed E-state index contributed by atoms with van der Waals surface area (Å²) in [7, 11) is -2.02. The van der Waals surface area contributed by atoms with Gasteiger partial charge >= 0.3 is 0 Å². The van der Waals surface area contributed by atoms with E-state index < -0.39 is 10.0 Å². The topological polar surface area (TPSA) is 101 Å². The minimum Gasteiger partial charge on any atom is -0.347 e. The smallest absolute Gasteiger partial charge is 0.263 e. The lowest BCUT2D eigenvalue weighted by Crippen LogP contribution is -2.25. The van der Waals surface area contributed by atoms with E-state index in [1.165, 1.54) is 18.4 Å². The summed E-state index contributed by atoms with van der Waals surface area (Å²) in [6.07, 6.45) is 1.68. The van der Waals surface area contributed by atoms with Crippen LogP contribution in [0, 0.1) is 6.92 Å². The number of hydrogen-bond donors (Lipinski definition) is 2. The van der Waals surface area contributed by atoms with Gasteiger partial charge in [-0.2, -0.15) is 0 Å². The molecular formula is C19H20N4O3S2. The summed E-state index contributed by atoms with van der Waals surface area (Å²) in [4.78, 5) is 21.9. The van der Waals surface area contributed by atoms with Crippen LogP contribution in [0.1, 0.15) is 26.5 Å². The third kappa shape index (κ3) is 4.80. The number of amides is 1. The van der Waals surface area contributed by atoms with E-state index in [-0.39, 0.29) is 18.2 Å². The fourth-order valence-corrected chi connectivity index (χ4v) is 4.40. The molecule has 3 rings (SSSR count). The van der Waals surface area contributed by atoms with Crippen molar-refractivity contribution in [1.29, 1.82) is 0 Å². The monoisotopic (exact) mass is 416 g/mol. The van der Waals surface area contributed by atoms with Gasteiger partial charge in [0, 0.05) is 12.7 Å². The summed E-state index contributed by atoms with van der Waals surface area (Å²) in [6.45, 7) is 2.01. The Hall–Kier alpha value is -2.62. The maximum Gasteiger partial charge on any atom is 0.263 e. The SMILES string of the molecule is CNS(=O)(=O)Cc1ccccc1CNC(=O)c1sc(-c2ccccn2)nc1C. The van der Waals surface area contributed by atoms with Crippen molar-refractivity contribution in [3.63, 3.8) is 0 Å². The Balaban J connectivity index is 1.74. The first-order valence-electron chi connectivity index (χ1n) is 8.54. The molecular weight excluding hydrogens is 396 g/mol. The van der Waals surface area contributed by atoms with E-state index in [1.54, 1.807) is 31.3 Å². The second-order valence-electron chi connectivity index (χ2n) is 6.06. The van der Waals surface area contributed by atoms with Gasteiger partial charge in [-0.3, -0.25) is 9.78 Å². The van der Waals surface area contributed by atoms with Crippen LogP contribution in [0.3, 0.4) is 0 Å². The summed E-state index contributed by atoms with van der Waals surface area (Å²) in [5, 5.41) is 3.54. The minimum atomic E-state index is -3.40. The fourth-order valence-electron chi connectivity index (χ4n) is 2.61. The maximum absolute atomic E-state index is 12.6. The molecule has 1 amide bonds. The molecule has 0 aliphatic carbocycles. The van der Waals surface area contributed by atoms with E-state index in [2.05, 4.69) is 20.0 Å². The molecule has 0 saturated carbocycles. The molecule has 0 aliphatic heterocycles. The summed E-state index contributed by atoms with van der Waals surface area (Å²) >= 11 is 1.28. The zero-order valence-corrected chi connectivity index (χ0v) is 17.1. The van der Waals surface area contributed by atoms with Crippen LogP contribution >= 0.6 is 11.3 Å². The highest BCUT2D eigenvalue weighted by Crippen LogP contribution is 2.26. The van der Waals surface area contributed by atoms with Crippen LogP contribution in [-0.2, 0) is 22.3 Å². The summed E-state index contributed by atoms with van der Waals surface area (Å²) in [6, 6.07) is 12.7. The Morgan fingerprint density at radius 3 is 2.50 bits per heavy atom. The second kappa shape index (κ2) is 8.59. The molecule has 0 bridgehead atoms. The summed E-state index contributed by atoms with van der Waals surface area (Å²) < 4.78 is 26.0. The Bertz CT molecular complexity index is 1080.